The highest BCUT2D eigenvalue weighted by Crippen LogP contribution is 2.41. The molecule has 1 aromatic rings. The summed E-state index contributed by atoms with van der Waals surface area (Å²) in [6, 6.07) is 7.30. The number of nitriles is 1. The van der Waals surface area contributed by atoms with Crippen molar-refractivity contribution in [3.8, 4) is 6.07 Å². The van der Waals surface area contributed by atoms with Gasteiger partial charge in [0.1, 0.15) is 23.4 Å². The third-order valence-corrected chi connectivity index (χ3v) is 7.02. The molecule has 1 saturated carbocycles. The van der Waals surface area contributed by atoms with Crippen LogP contribution in [0.4, 0.5) is 8.78 Å². The van der Waals surface area contributed by atoms with Gasteiger partial charge < -0.3 is 5.32 Å². The maximum absolute atomic E-state index is 15.2. The molecule has 2 rings (SSSR count). The van der Waals surface area contributed by atoms with E-state index in [-0.39, 0.29) is 23.0 Å². The van der Waals surface area contributed by atoms with E-state index in [2.05, 4.69) is 30.4 Å². The summed E-state index contributed by atoms with van der Waals surface area (Å²) in [5, 5.41) is 12.4. The van der Waals surface area contributed by atoms with Crippen molar-refractivity contribution < 1.29 is 13.6 Å². The lowest BCUT2D eigenvalue weighted by Gasteiger charge is -2.16. The topological polar surface area (TPSA) is 65.2 Å². The van der Waals surface area contributed by atoms with Crippen molar-refractivity contribution in [3.05, 3.63) is 89.1 Å². The summed E-state index contributed by atoms with van der Waals surface area (Å²) < 4.78 is 28.8. The van der Waals surface area contributed by atoms with Gasteiger partial charge in [-0.3, -0.25) is 9.79 Å². The Balaban J connectivity index is 2.46. The van der Waals surface area contributed by atoms with E-state index in [0.717, 1.165) is 31.2 Å². The van der Waals surface area contributed by atoms with Gasteiger partial charge in [0.05, 0.1) is 5.57 Å². The number of nitrogens with zero attached hydrogens (tertiary/aromatic N) is 2. The van der Waals surface area contributed by atoms with Crippen LogP contribution in [-0.2, 0) is 4.79 Å². The SMILES string of the molecule is C=C(F)\C(C#N)=C/C=C(C)/C(=C/C(=N\C)C(=O)[C@@H](C)CCC[C@H](C)NC)C(=C)c1ccc(C2CC2)cc1F. The molecule has 0 aromatic heterocycles. The number of allylic oxidation sites excluding steroid dienone is 8. The minimum atomic E-state index is -0.852. The molecular formula is C32H39F2N3O. The minimum absolute atomic E-state index is 0.113. The molecule has 1 aliphatic carbocycles. The predicted octanol–water partition coefficient (Wildman–Crippen LogP) is 7.58. The average Bonchev–Trinajstić information content (AvgIpc) is 3.74. The van der Waals surface area contributed by atoms with Gasteiger partial charge >= 0.3 is 0 Å². The fourth-order valence-electron chi connectivity index (χ4n) is 4.16. The monoisotopic (exact) mass is 519 g/mol. The number of hydrogen-bond donors (Lipinski definition) is 1. The van der Waals surface area contributed by atoms with Crippen LogP contribution < -0.4 is 5.32 Å². The normalized spacial score (nSPS) is 16.6. The molecule has 1 aliphatic rings. The van der Waals surface area contributed by atoms with E-state index in [1.807, 2.05) is 20.0 Å². The molecule has 1 aromatic carbocycles. The van der Waals surface area contributed by atoms with Crippen molar-refractivity contribution in [2.24, 2.45) is 10.9 Å². The highest BCUT2D eigenvalue weighted by Gasteiger charge is 2.25. The van der Waals surface area contributed by atoms with E-state index >= 15 is 4.39 Å². The lowest BCUT2D eigenvalue weighted by Crippen LogP contribution is -2.23. The number of nitrogens with one attached hydrogen (secondary N) is 1. The molecule has 0 radical (unpaired) electrons. The number of aliphatic imine (C=N–C) groups is 1. The summed E-state index contributed by atoms with van der Waals surface area (Å²) in [6.45, 7) is 13.0. The van der Waals surface area contributed by atoms with Crippen molar-refractivity contribution >= 4 is 17.1 Å². The molecule has 0 amide bonds. The Morgan fingerprint density at radius 1 is 1.26 bits per heavy atom. The second kappa shape index (κ2) is 14.5. The molecule has 1 fully saturated rings. The molecule has 0 bridgehead atoms. The molecule has 0 aliphatic heterocycles. The first kappa shape index (κ1) is 30.8. The van der Waals surface area contributed by atoms with Crippen molar-refractivity contribution in [1.82, 2.24) is 5.32 Å². The Labute approximate surface area is 226 Å². The van der Waals surface area contributed by atoms with Gasteiger partial charge in [-0.05, 0) is 93.0 Å². The zero-order chi connectivity index (χ0) is 28.4. The van der Waals surface area contributed by atoms with Gasteiger partial charge in [0.15, 0.2) is 5.78 Å². The van der Waals surface area contributed by atoms with E-state index < -0.39 is 11.6 Å². The molecule has 0 saturated heterocycles. The number of ketones is 1. The first-order valence-corrected chi connectivity index (χ1v) is 13.1. The van der Waals surface area contributed by atoms with Crippen LogP contribution in [0, 0.1) is 23.1 Å². The number of rotatable bonds is 14. The van der Waals surface area contributed by atoms with E-state index in [0.29, 0.717) is 40.7 Å². The van der Waals surface area contributed by atoms with Gasteiger partial charge in [-0.2, -0.15) is 5.26 Å². The van der Waals surface area contributed by atoms with Crippen LogP contribution in [0.2, 0.25) is 0 Å². The van der Waals surface area contributed by atoms with E-state index in [4.69, 9.17) is 0 Å². The van der Waals surface area contributed by atoms with Crippen LogP contribution in [0.15, 0.2) is 77.1 Å². The van der Waals surface area contributed by atoms with Crippen LogP contribution in [-0.4, -0.2) is 31.6 Å². The van der Waals surface area contributed by atoms with Crippen LogP contribution in [0.3, 0.4) is 0 Å². The van der Waals surface area contributed by atoms with Crippen LogP contribution >= 0.6 is 0 Å². The number of carbonyl (C=O) groups is 1. The van der Waals surface area contributed by atoms with Crippen molar-refractivity contribution in [2.75, 3.05) is 14.1 Å². The Hall–Kier alpha value is -3.43. The van der Waals surface area contributed by atoms with Gasteiger partial charge in [0, 0.05) is 24.6 Å². The fraction of sp³-hybridized carbons (Fsp3) is 0.406. The number of benzene rings is 1. The second-order valence-corrected chi connectivity index (χ2v) is 9.99. The summed E-state index contributed by atoms with van der Waals surface area (Å²) >= 11 is 0. The first-order valence-electron chi connectivity index (χ1n) is 13.1. The first-order chi connectivity index (χ1) is 18.0. The Kier molecular flexibility index (Phi) is 11.7. The average molecular weight is 520 g/mol. The fourth-order valence-corrected chi connectivity index (χ4v) is 4.16. The molecule has 2 atom stereocenters. The third kappa shape index (κ3) is 8.56. The summed E-state index contributed by atoms with van der Waals surface area (Å²) in [5.41, 5.74) is 2.72. The summed E-state index contributed by atoms with van der Waals surface area (Å²) in [4.78, 5) is 17.6. The summed E-state index contributed by atoms with van der Waals surface area (Å²) in [5.74, 6) is -1.20. The molecule has 1 N–H and O–H groups in total. The molecule has 0 unspecified atom stereocenters. The van der Waals surface area contributed by atoms with Gasteiger partial charge in [0.25, 0.3) is 0 Å². The van der Waals surface area contributed by atoms with E-state index in [1.165, 1.54) is 12.2 Å². The molecule has 38 heavy (non-hydrogen) atoms. The summed E-state index contributed by atoms with van der Waals surface area (Å²) in [7, 11) is 3.46. The maximum Gasteiger partial charge on any atom is 0.183 e. The van der Waals surface area contributed by atoms with Gasteiger partial charge in [-0.15, -0.1) is 0 Å². The Morgan fingerprint density at radius 3 is 2.47 bits per heavy atom. The number of hydrogen-bond acceptors (Lipinski definition) is 4. The Morgan fingerprint density at radius 2 is 1.95 bits per heavy atom. The molecule has 6 heteroatoms. The third-order valence-electron chi connectivity index (χ3n) is 7.02. The van der Waals surface area contributed by atoms with Crippen LogP contribution in [0.1, 0.15) is 69.9 Å². The predicted molar refractivity (Wildman–Crippen MR) is 153 cm³/mol. The largest absolute Gasteiger partial charge is 0.317 e. The lowest BCUT2D eigenvalue weighted by molar-refractivity contribution is -0.116. The van der Waals surface area contributed by atoms with Gasteiger partial charge in [-0.1, -0.05) is 44.7 Å². The molecular weight excluding hydrogens is 480 g/mol. The highest BCUT2D eigenvalue weighted by molar-refractivity contribution is 6.45. The number of carbonyl (C=O) groups excluding carboxylic acids is 1. The van der Waals surface area contributed by atoms with Crippen LogP contribution in [0.5, 0.6) is 0 Å². The number of Topliss-reactive ketones (excluding diaryl/α,β-unsaturated/α-hetero) is 1. The zero-order valence-corrected chi connectivity index (χ0v) is 23.2. The number of halogens is 2. The zero-order valence-electron chi connectivity index (χ0n) is 23.2. The van der Waals surface area contributed by atoms with Crippen LogP contribution in [0.25, 0.3) is 5.57 Å². The van der Waals surface area contributed by atoms with Gasteiger partial charge in [0.2, 0.25) is 0 Å². The van der Waals surface area contributed by atoms with Crippen molar-refractivity contribution in [3.63, 3.8) is 0 Å². The Bertz CT molecular complexity index is 1230. The molecule has 0 heterocycles. The molecule has 0 spiro atoms. The van der Waals surface area contributed by atoms with E-state index in [1.54, 1.807) is 38.2 Å². The highest BCUT2D eigenvalue weighted by atomic mass is 19.1. The minimum Gasteiger partial charge on any atom is -0.317 e. The second-order valence-electron chi connectivity index (χ2n) is 9.99. The smallest absolute Gasteiger partial charge is 0.183 e. The molecule has 202 valence electrons. The maximum atomic E-state index is 15.2. The standard InChI is InChI=1S/C32H39F2N3O/c1-20(11-12-27(19-35)24(5)33)29(23(4)28-16-15-26(17-30(28)34)25-13-14-25)18-31(37-7)32(38)21(2)9-8-10-22(3)36-6/h11-12,15-18,21-22,25,36H,4-5,8-10,13-14H2,1-3,6-7H3/b20-11+,27-12-,29-18-,37-31+/t21-,22-/m0/s1. The van der Waals surface area contributed by atoms with Crippen molar-refractivity contribution in [2.45, 2.75) is 64.8 Å². The van der Waals surface area contributed by atoms with Gasteiger partial charge in [-0.25, -0.2) is 8.78 Å². The quantitative estimate of drug-likeness (QED) is 0.157. The van der Waals surface area contributed by atoms with Crippen molar-refractivity contribution in [1.29, 1.82) is 5.26 Å². The molecule has 4 nitrogen and oxygen atoms in total. The lowest BCUT2D eigenvalue weighted by atomic mass is 9.89. The summed E-state index contributed by atoms with van der Waals surface area (Å²) in [6.07, 6.45) is 9.14. The van der Waals surface area contributed by atoms with E-state index in [9.17, 15) is 14.4 Å².